The second kappa shape index (κ2) is 3.63. The standard InChI is InChI=1S/C12H12N2O2S/c1-6-11-10(14-12(13)17-11)8-4-3-7(15-2)5-9(8)16-6/h3-6H,1-2H3,(H2,13,14)/t6-/m1/s1. The van der Waals surface area contributed by atoms with Gasteiger partial charge in [-0.25, -0.2) is 4.98 Å². The predicted octanol–water partition coefficient (Wildman–Crippen LogP) is 2.85. The van der Waals surface area contributed by atoms with Gasteiger partial charge in [0.15, 0.2) is 5.13 Å². The van der Waals surface area contributed by atoms with Gasteiger partial charge >= 0.3 is 0 Å². The average Bonchev–Trinajstić information content (AvgIpc) is 2.71. The molecule has 0 bridgehead atoms. The molecule has 0 amide bonds. The molecule has 2 heterocycles. The van der Waals surface area contributed by atoms with Crippen molar-refractivity contribution >= 4 is 16.5 Å². The van der Waals surface area contributed by atoms with Gasteiger partial charge in [0.05, 0.1) is 17.7 Å². The van der Waals surface area contributed by atoms with E-state index in [4.69, 9.17) is 15.2 Å². The van der Waals surface area contributed by atoms with Crippen LogP contribution in [-0.4, -0.2) is 12.1 Å². The third-order valence-corrected chi connectivity index (χ3v) is 3.83. The van der Waals surface area contributed by atoms with Gasteiger partial charge in [0, 0.05) is 11.6 Å². The smallest absolute Gasteiger partial charge is 0.180 e. The van der Waals surface area contributed by atoms with Gasteiger partial charge in [-0.1, -0.05) is 11.3 Å². The summed E-state index contributed by atoms with van der Waals surface area (Å²) in [4.78, 5) is 5.46. The Hall–Kier alpha value is -1.75. The highest BCUT2D eigenvalue weighted by molar-refractivity contribution is 7.15. The molecule has 5 heteroatoms. The lowest BCUT2D eigenvalue weighted by Gasteiger charge is -2.22. The Morgan fingerprint density at radius 2 is 2.29 bits per heavy atom. The first kappa shape index (κ1) is 10.4. The number of anilines is 1. The number of methoxy groups -OCH3 is 1. The number of nitrogens with two attached hydrogens (primary N) is 1. The van der Waals surface area contributed by atoms with Crippen molar-refractivity contribution in [3.05, 3.63) is 23.1 Å². The summed E-state index contributed by atoms with van der Waals surface area (Å²) < 4.78 is 11.0. The lowest BCUT2D eigenvalue weighted by atomic mass is 10.0. The summed E-state index contributed by atoms with van der Waals surface area (Å²) in [6.07, 6.45) is -0.0144. The van der Waals surface area contributed by atoms with Crippen LogP contribution in [0.3, 0.4) is 0 Å². The Morgan fingerprint density at radius 1 is 1.47 bits per heavy atom. The zero-order valence-electron chi connectivity index (χ0n) is 9.56. The Morgan fingerprint density at radius 3 is 3.06 bits per heavy atom. The van der Waals surface area contributed by atoms with E-state index in [9.17, 15) is 0 Å². The highest BCUT2D eigenvalue weighted by atomic mass is 32.1. The van der Waals surface area contributed by atoms with E-state index < -0.39 is 0 Å². The molecule has 2 N–H and O–H groups in total. The molecule has 3 rings (SSSR count). The number of thiazole rings is 1. The van der Waals surface area contributed by atoms with Crippen molar-refractivity contribution in [2.75, 3.05) is 12.8 Å². The molecule has 88 valence electrons. The van der Waals surface area contributed by atoms with Crippen LogP contribution in [0.4, 0.5) is 5.13 Å². The molecule has 2 aromatic rings. The molecule has 1 aliphatic heterocycles. The fraction of sp³-hybridized carbons (Fsp3) is 0.250. The van der Waals surface area contributed by atoms with Gasteiger partial charge in [0.25, 0.3) is 0 Å². The minimum absolute atomic E-state index is 0.0144. The van der Waals surface area contributed by atoms with Gasteiger partial charge in [-0.05, 0) is 19.1 Å². The normalized spacial score (nSPS) is 16.9. The van der Waals surface area contributed by atoms with E-state index >= 15 is 0 Å². The van der Waals surface area contributed by atoms with Gasteiger partial charge in [-0.3, -0.25) is 0 Å². The summed E-state index contributed by atoms with van der Waals surface area (Å²) in [5.74, 6) is 1.58. The Balaban J connectivity index is 2.20. The second-order valence-electron chi connectivity index (χ2n) is 3.89. The van der Waals surface area contributed by atoms with Crippen LogP contribution in [0.15, 0.2) is 18.2 Å². The first-order valence-corrected chi connectivity index (χ1v) is 6.12. The molecule has 0 unspecified atom stereocenters. The quantitative estimate of drug-likeness (QED) is 0.843. The second-order valence-corrected chi connectivity index (χ2v) is 4.95. The number of hydrogen-bond donors (Lipinski definition) is 1. The average molecular weight is 248 g/mol. The van der Waals surface area contributed by atoms with Crippen molar-refractivity contribution < 1.29 is 9.47 Å². The topological polar surface area (TPSA) is 57.4 Å². The van der Waals surface area contributed by atoms with Gasteiger partial charge in [-0.2, -0.15) is 0 Å². The van der Waals surface area contributed by atoms with E-state index in [-0.39, 0.29) is 6.10 Å². The van der Waals surface area contributed by atoms with Crippen LogP contribution in [0.2, 0.25) is 0 Å². The maximum Gasteiger partial charge on any atom is 0.180 e. The van der Waals surface area contributed by atoms with Crippen LogP contribution < -0.4 is 15.2 Å². The van der Waals surface area contributed by atoms with Crippen LogP contribution in [0.1, 0.15) is 17.9 Å². The molecule has 0 spiro atoms. The van der Waals surface area contributed by atoms with E-state index in [1.54, 1.807) is 7.11 Å². The molecule has 0 radical (unpaired) electrons. The number of hydrogen-bond acceptors (Lipinski definition) is 5. The number of benzene rings is 1. The molecule has 0 saturated heterocycles. The van der Waals surface area contributed by atoms with Crippen molar-refractivity contribution in [2.45, 2.75) is 13.0 Å². The van der Waals surface area contributed by atoms with E-state index in [0.717, 1.165) is 27.6 Å². The van der Waals surface area contributed by atoms with Crippen LogP contribution in [-0.2, 0) is 0 Å². The van der Waals surface area contributed by atoms with Crippen molar-refractivity contribution in [3.63, 3.8) is 0 Å². The predicted molar refractivity (Wildman–Crippen MR) is 67.6 cm³/mol. The van der Waals surface area contributed by atoms with Gasteiger partial charge in [0.2, 0.25) is 0 Å². The summed E-state index contributed by atoms with van der Waals surface area (Å²) in [7, 11) is 1.64. The molecular formula is C12H12N2O2S. The third kappa shape index (κ3) is 1.54. The first-order chi connectivity index (χ1) is 8.19. The highest BCUT2D eigenvalue weighted by Gasteiger charge is 2.27. The lowest BCUT2D eigenvalue weighted by Crippen LogP contribution is -2.09. The van der Waals surface area contributed by atoms with Crippen molar-refractivity contribution in [1.82, 2.24) is 4.98 Å². The fourth-order valence-electron chi connectivity index (χ4n) is 1.98. The number of rotatable bonds is 1. The van der Waals surface area contributed by atoms with Crippen molar-refractivity contribution in [2.24, 2.45) is 0 Å². The monoisotopic (exact) mass is 248 g/mol. The molecule has 4 nitrogen and oxygen atoms in total. The fourth-order valence-corrected chi connectivity index (χ4v) is 2.81. The molecule has 0 saturated carbocycles. The molecule has 1 aromatic heterocycles. The zero-order chi connectivity index (χ0) is 12.0. The molecule has 0 fully saturated rings. The maximum absolute atomic E-state index is 5.85. The number of aromatic nitrogens is 1. The van der Waals surface area contributed by atoms with E-state index in [1.165, 1.54) is 11.3 Å². The Kier molecular flexibility index (Phi) is 2.22. The summed E-state index contributed by atoms with van der Waals surface area (Å²) in [6.45, 7) is 2.00. The zero-order valence-corrected chi connectivity index (χ0v) is 10.4. The van der Waals surface area contributed by atoms with Crippen LogP contribution in [0, 0.1) is 0 Å². The molecular weight excluding hydrogens is 236 g/mol. The largest absolute Gasteiger partial charge is 0.497 e. The maximum atomic E-state index is 5.85. The van der Waals surface area contributed by atoms with E-state index in [2.05, 4.69) is 4.98 Å². The van der Waals surface area contributed by atoms with Crippen LogP contribution in [0.5, 0.6) is 11.5 Å². The molecule has 1 aromatic carbocycles. The van der Waals surface area contributed by atoms with Gasteiger partial charge in [0.1, 0.15) is 17.6 Å². The minimum Gasteiger partial charge on any atom is -0.497 e. The summed E-state index contributed by atoms with van der Waals surface area (Å²) in [5.41, 5.74) is 7.67. The number of ether oxygens (including phenoxy) is 2. The van der Waals surface area contributed by atoms with Crippen LogP contribution in [0.25, 0.3) is 11.3 Å². The lowest BCUT2D eigenvalue weighted by molar-refractivity contribution is 0.226. The summed E-state index contributed by atoms with van der Waals surface area (Å²) in [6, 6.07) is 5.74. The molecule has 1 aliphatic rings. The Labute approximate surface area is 103 Å². The van der Waals surface area contributed by atoms with Gasteiger partial charge < -0.3 is 15.2 Å². The van der Waals surface area contributed by atoms with Crippen molar-refractivity contribution in [1.29, 1.82) is 0 Å². The SMILES string of the molecule is COc1ccc2c(c1)O[C@H](C)c1sc(N)nc1-2. The third-order valence-electron chi connectivity index (χ3n) is 2.79. The van der Waals surface area contributed by atoms with Crippen molar-refractivity contribution in [3.8, 4) is 22.8 Å². The summed E-state index contributed by atoms with van der Waals surface area (Å²) in [5, 5.41) is 0.578. The van der Waals surface area contributed by atoms with E-state index in [0.29, 0.717) is 5.13 Å². The molecule has 17 heavy (non-hydrogen) atoms. The van der Waals surface area contributed by atoms with E-state index in [1.807, 2.05) is 25.1 Å². The first-order valence-electron chi connectivity index (χ1n) is 5.30. The Bertz CT molecular complexity index is 580. The number of fused-ring (bicyclic) bond motifs is 3. The highest BCUT2D eigenvalue weighted by Crippen LogP contribution is 2.46. The molecule has 0 aliphatic carbocycles. The minimum atomic E-state index is -0.0144. The number of nitrogen functional groups attached to an aromatic ring is 1. The van der Waals surface area contributed by atoms with Gasteiger partial charge in [-0.15, -0.1) is 0 Å². The summed E-state index contributed by atoms with van der Waals surface area (Å²) >= 11 is 1.48. The molecule has 1 atom stereocenters. The number of nitrogens with zero attached hydrogens (tertiary/aromatic N) is 1. The van der Waals surface area contributed by atoms with Crippen LogP contribution >= 0.6 is 11.3 Å².